The zero-order valence-electron chi connectivity index (χ0n) is 7.75. The van der Waals surface area contributed by atoms with Gasteiger partial charge >= 0.3 is 0 Å². The van der Waals surface area contributed by atoms with Crippen molar-refractivity contribution < 1.29 is 0 Å². The van der Waals surface area contributed by atoms with E-state index in [9.17, 15) is 0 Å². The van der Waals surface area contributed by atoms with Gasteiger partial charge in [0.1, 0.15) is 0 Å². The van der Waals surface area contributed by atoms with Crippen LogP contribution >= 0.6 is 0 Å². The van der Waals surface area contributed by atoms with Crippen molar-refractivity contribution in [3.63, 3.8) is 0 Å². The molecule has 1 nitrogen and oxygen atoms in total. The Morgan fingerprint density at radius 3 is 2.85 bits per heavy atom. The monoisotopic (exact) mass is 193 g/mol. The van der Waals surface area contributed by atoms with Gasteiger partial charge in [-0.15, -0.1) is 12.3 Å². The van der Waals surface area contributed by atoms with Gasteiger partial charge in [-0.05, 0) is 12.8 Å². The van der Waals surface area contributed by atoms with Crippen molar-refractivity contribution in [3.05, 3.63) is 23.3 Å². The molecule has 0 aromatic heterocycles. The van der Waals surface area contributed by atoms with Gasteiger partial charge in [-0.2, -0.15) is 0 Å². The third-order valence-electron chi connectivity index (χ3n) is 2.53. The largest absolute Gasteiger partial charge is 0.469 e. The summed E-state index contributed by atoms with van der Waals surface area (Å²) in [6.07, 6.45) is 14.2. The molecule has 1 saturated carbocycles. The predicted octanol–water partition coefficient (Wildman–Crippen LogP) is 2.01. The number of rotatable bonds is 2. The predicted molar refractivity (Wildman–Crippen MR) is 59.3 cm³/mol. The van der Waals surface area contributed by atoms with E-state index in [1.807, 2.05) is 0 Å². The second-order valence-electron chi connectivity index (χ2n) is 3.58. The first-order valence-corrected chi connectivity index (χ1v) is 5.88. The van der Waals surface area contributed by atoms with Crippen LogP contribution in [0.2, 0.25) is 0 Å². The molecule has 0 spiro atoms. The van der Waals surface area contributed by atoms with Gasteiger partial charge in [-0.25, -0.2) is 0 Å². The van der Waals surface area contributed by atoms with Crippen LogP contribution in [0.1, 0.15) is 32.1 Å². The van der Waals surface area contributed by atoms with E-state index in [4.69, 9.17) is 0 Å². The molecule has 1 N–H and O–H groups in total. The average Bonchev–Trinajstić information content (AvgIpc) is 2.69. The molecule has 0 radical (unpaired) electrons. The summed E-state index contributed by atoms with van der Waals surface area (Å²) in [6, 6.07) is 0.677. The molecule has 13 heavy (non-hydrogen) atoms. The molecule has 0 aromatic rings. The zero-order chi connectivity index (χ0) is 8.93. The maximum atomic E-state index is 3.38. The lowest BCUT2D eigenvalue weighted by atomic mass is 9.96. The smallest absolute Gasteiger partial charge is 0.178 e. The average molecular weight is 193 g/mol. The maximum Gasteiger partial charge on any atom is 0.178 e. The summed E-state index contributed by atoms with van der Waals surface area (Å²) in [5.74, 6) is 0. The summed E-state index contributed by atoms with van der Waals surface area (Å²) >= 11 is 1.74. The van der Waals surface area contributed by atoms with Gasteiger partial charge in [-0.1, -0.05) is 25.3 Å². The molecule has 0 aromatic carbocycles. The fourth-order valence-electron chi connectivity index (χ4n) is 1.77. The molecule has 1 heterocycles. The third kappa shape index (κ3) is 2.66. The SMILES string of the molecule is [C-](NC1CCCCC1)=C1C=CC=[S+]1. The molecule has 0 atom stereocenters. The lowest BCUT2D eigenvalue weighted by Gasteiger charge is -2.24. The first kappa shape index (κ1) is 8.95. The fraction of sp³-hybridized carbons (Fsp3) is 0.545. The van der Waals surface area contributed by atoms with Gasteiger partial charge in [0.05, 0.1) is 4.91 Å². The molecule has 1 aliphatic heterocycles. The Labute approximate surface area is 83.9 Å². The highest BCUT2D eigenvalue weighted by molar-refractivity contribution is 7.82. The Hall–Kier alpha value is -0.630. The van der Waals surface area contributed by atoms with E-state index in [-0.39, 0.29) is 0 Å². The van der Waals surface area contributed by atoms with Crippen molar-refractivity contribution in [1.29, 1.82) is 0 Å². The van der Waals surface area contributed by atoms with Crippen molar-refractivity contribution >= 4 is 16.7 Å². The van der Waals surface area contributed by atoms with E-state index in [1.54, 1.807) is 11.4 Å². The molecule has 0 saturated heterocycles. The normalized spacial score (nSPS) is 25.7. The minimum Gasteiger partial charge on any atom is -0.469 e. The van der Waals surface area contributed by atoms with Crippen LogP contribution in [0.5, 0.6) is 0 Å². The van der Waals surface area contributed by atoms with Crippen molar-refractivity contribution in [2.24, 2.45) is 0 Å². The fourth-order valence-corrected chi connectivity index (χ4v) is 2.35. The quantitative estimate of drug-likeness (QED) is 0.306. The minimum absolute atomic E-state index is 0.677. The number of hydrogen-bond donors (Lipinski definition) is 1. The van der Waals surface area contributed by atoms with Crippen LogP contribution in [0.25, 0.3) is 0 Å². The van der Waals surface area contributed by atoms with E-state index in [2.05, 4.69) is 29.0 Å². The van der Waals surface area contributed by atoms with Crippen LogP contribution in [-0.2, 0) is 11.4 Å². The molecule has 0 amide bonds. The lowest BCUT2D eigenvalue weighted by molar-refractivity contribution is 0.400. The molecule has 0 bridgehead atoms. The standard InChI is InChI=1S/C11H15NS/c1-2-5-10(6-3-1)12-9-11-7-4-8-13-11/h4,7-8,10,12H,1-3,5-6H2. The first-order chi connectivity index (χ1) is 6.45. The lowest BCUT2D eigenvalue weighted by Crippen LogP contribution is -2.27. The second kappa shape index (κ2) is 4.56. The van der Waals surface area contributed by atoms with Gasteiger partial charge in [0.25, 0.3) is 0 Å². The van der Waals surface area contributed by atoms with Crippen molar-refractivity contribution in [3.8, 4) is 0 Å². The van der Waals surface area contributed by atoms with Gasteiger partial charge in [0.15, 0.2) is 16.7 Å². The maximum absolute atomic E-state index is 3.38. The van der Waals surface area contributed by atoms with E-state index in [0.29, 0.717) is 6.04 Å². The van der Waals surface area contributed by atoms with Crippen LogP contribution < -0.4 is 5.32 Å². The number of hydrogen-bond acceptors (Lipinski definition) is 1. The summed E-state index contributed by atoms with van der Waals surface area (Å²) < 4.78 is 0. The van der Waals surface area contributed by atoms with Crippen molar-refractivity contribution in [2.45, 2.75) is 38.1 Å². The van der Waals surface area contributed by atoms with Crippen LogP contribution in [0, 0.1) is 6.20 Å². The molecule has 2 heteroatoms. The van der Waals surface area contributed by atoms with Crippen molar-refractivity contribution in [1.82, 2.24) is 5.32 Å². The molecule has 0 unspecified atom stereocenters. The molecule has 1 aliphatic carbocycles. The van der Waals surface area contributed by atoms with Gasteiger partial charge < -0.3 is 5.32 Å². The summed E-state index contributed by atoms with van der Waals surface area (Å²) in [6.45, 7) is 0. The molecule has 1 fully saturated rings. The Balaban J connectivity index is 1.80. The first-order valence-electron chi connectivity index (χ1n) is 5.00. The molecule has 2 rings (SSSR count). The summed E-state index contributed by atoms with van der Waals surface area (Å²) in [7, 11) is 0. The third-order valence-corrected chi connectivity index (χ3v) is 3.31. The highest BCUT2D eigenvalue weighted by atomic mass is 32.1. The van der Waals surface area contributed by atoms with Gasteiger partial charge in [0.2, 0.25) is 0 Å². The number of nitrogens with one attached hydrogen (secondary N) is 1. The zero-order valence-corrected chi connectivity index (χ0v) is 8.57. The van der Waals surface area contributed by atoms with E-state index < -0.39 is 0 Å². The van der Waals surface area contributed by atoms with Gasteiger partial charge in [-0.3, -0.25) is 0 Å². The summed E-state index contributed by atoms with van der Waals surface area (Å²) in [5.41, 5.74) is 0. The van der Waals surface area contributed by atoms with Crippen LogP contribution in [-0.4, -0.2) is 11.4 Å². The highest BCUT2D eigenvalue weighted by Crippen LogP contribution is 2.17. The van der Waals surface area contributed by atoms with Crippen LogP contribution in [0.4, 0.5) is 0 Å². The van der Waals surface area contributed by atoms with Crippen molar-refractivity contribution in [2.75, 3.05) is 0 Å². The summed E-state index contributed by atoms with van der Waals surface area (Å²) in [4.78, 5) is 1.21. The highest BCUT2D eigenvalue weighted by Gasteiger charge is 2.09. The van der Waals surface area contributed by atoms with Crippen LogP contribution in [0.15, 0.2) is 17.1 Å². The Kier molecular flexibility index (Phi) is 3.14. The Morgan fingerprint density at radius 2 is 2.15 bits per heavy atom. The summed E-state index contributed by atoms with van der Waals surface area (Å²) in [5, 5.41) is 5.47. The Bertz CT molecular complexity index is 233. The van der Waals surface area contributed by atoms with Crippen LogP contribution in [0.3, 0.4) is 0 Å². The number of allylic oxidation sites excluding steroid dienone is 2. The topological polar surface area (TPSA) is 12.0 Å². The molecular weight excluding hydrogens is 178 g/mol. The minimum atomic E-state index is 0.677. The van der Waals surface area contributed by atoms with Gasteiger partial charge in [0, 0.05) is 6.04 Å². The molecular formula is C11H15NS. The Morgan fingerprint density at radius 1 is 1.31 bits per heavy atom. The second-order valence-corrected chi connectivity index (χ2v) is 4.53. The molecule has 2 aliphatic rings. The van der Waals surface area contributed by atoms with E-state index in [0.717, 1.165) is 0 Å². The van der Waals surface area contributed by atoms with E-state index in [1.165, 1.54) is 37.0 Å². The molecule has 70 valence electrons. The van der Waals surface area contributed by atoms with E-state index >= 15 is 0 Å².